The molecule has 5 heteroatoms. The molecular weight excluding hydrogens is 286 g/mol. The van der Waals surface area contributed by atoms with Gasteiger partial charge in [0, 0.05) is 6.07 Å². The minimum Gasteiger partial charge on any atom is -0.496 e. The molecule has 1 atom stereocenters. The predicted octanol–water partition coefficient (Wildman–Crippen LogP) is 3.41. The van der Waals surface area contributed by atoms with Gasteiger partial charge in [-0.2, -0.15) is 0 Å². The summed E-state index contributed by atoms with van der Waals surface area (Å²) in [7, 11) is 1.37. The van der Waals surface area contributed by atoms with Crippen LogP contribution < -0.4 is 4.74 Å². The molecule has 0 aromatic heterocycles. The van der Waals surface area contributed by atoms with Crippen molar-refractivity contribution >= 4 is 33.3 Å². The molecule has 0 bridgehead atoms. The van der Waals surface area contributed by atoms with Crippen LogP contribution in [0.3, 0.4) is 0 Å². The third-order valence-electron chi connectivity index (χ3n) is 1.87. The Labute approximate surface area is 101 Å². The lowest BCUT2D eigenvalue weighted by molar-refractivity contribution is 0.0988. The Morgan fingerprint density at radius 2 is 2.20 bits per heavy atom. The maximum atomic E-state index is 13.1. The van der Waals surface area contributed by atoms with Gasteiger partial charge in [0.1, 0.15) is 11.6 Å². The van der Waals surface area contributed by atoms with Crippen LogP contribution in [0.2, 0.25) is 0 Å². The molecule has 1 aromatic rings. The Kier molecular flexibility index (Phi) is 4.11. The fourth-order valence-electron chi connectivity index (χ4n) is 1.10. The average molecular weight is 296 g/mol. The van der Waals surface area contributed by atoms with E-state index in [2.05, 4.69) is 15.9 Å². The van der Waals surface area contributed by atoms with Crippen LogP contribution in [0.25, 0.3) is 0 Å². The largest absolute Gasteiger partial charge is 0.496 e. The molecule has 15 heavy (non-hydrogen) atoms. The van der Waals surface area contributed by atoms with Crippen molar-refractivity contribution in [2.75, 3.05) is 7.11 Å². The molecular formula is C10H9BrClFO2. The number of methoxy groups -OCH3 is 1. The van der Waals surface area contributed by atoms with Gasteiger partial charge in [-0.1, -0.05) is 0 Å². The van der Waals surface area contributed by atoms with Crippen LogP contribution in [0.5, 0.6) is 5.75 Å². The Bertz CT molecular complexity index is 393. The standard InChI is InChI=1S/C10H9BrClFO2/c1-5(12)10(14)6-3-7(11)8(13)4-9(6)15-2/h3-5H,1-2H3. The van der Waals surface area contributed by atoms with E-state index in [1.807, 2.05) is 0 Å². The van der Waals surface area contributed by atoms with Crippen LogP contribution in [0, 0.1) is 5.82 Å². The van der Waals surface area contributed by atoms with Gasteiger partial charge in [-0.05, 0) is 28.9 Å². The van der Waals surface area contributed by atoms with Gasteiger partial charge in [0.2, 0.25) is 0 Å². The van der Waals surface area contributed by atoms with Crippen LogP contribution >= 0.6 is 27.5 Å². The van der Waals surface area contributed by atoms with E-state index in [9.17, 15) is 9.18 Å². The summed E-state index contributed by atoms with van der Waals surface area (Å²) in [4.78, 5) is 11.6. The smallest absolute Gasteiger partial charge is 0.184 e. The number of hydrogen-bond donors (Lipinski definition) is 0. The highest BCUT2D eigenvalue weighted by Crippen LogP contribution is 2.27. The average Bonchev–Trinajstić information content (AvgIpc) is 2.20. The minimum absolute atomic E-state index is 0.188. The van der Waals surface area contributed by atoms with E-state index >= 15 is 0 Å². The Balaban J connectivity index is 3.27. The molecule has 0 saturated heterocycles. The van der Waals surface area contributed by atoms with Gasteiger partial charge in [0.25, 0.3) is 0 Å². The molecule has 0 saturated carbocycles. The molecule has 0 aliphatic carbocycles. The van der Waals surface area contributed by atoms with Crippen molar-refractivity contribution in [3.05, 3.63) is 28.0 Å². The second-order valence-electron chi connectivity index (χ2n) is 2.95. The van der Waals surface area contributed by atoms with Gasteiger partial charge in [0.05, 0.1) is 22.5 Å². The number of rotatable bonds is 3. The van der Waals surface area contributed by atoms with Crippen molar-refractivity contribution in [3.63, 3.8) is 0 Å². The van der Waals surface area contributed by atoms with Gasteiger partial charge in [-0.15, -0.1) is 11.6 Å². The number of carbonyl (C=O) groups excluding carboxylic acids is 1. The molecule has 1 unspecified atom stereocenters. The van der Waals surface area contributed by atoms with Crippen molar-refractivity contribution in [1.82, 2.24) is 0 Å². The molecule has 0 heterocycles. The number of ether oxygens (including phenoxy) is 1. The quantitative estimate of drug-likeness (QED) is 0.631. The number of Topliss-reactive ketones (excluding diaryl/α,β-unsaturated/α-hetero) is 1. The highest BCUT2D eigenvalue weighted by atomic mass is 79.9. The van der Waals surface area contributed by atoms with Crippen molar-refractivity contribution in [2.45, 2.75) is 12.3 Å². The number of ketones is 1. The monoisotopic (exact) mass is 294 g/mol. The zero-order valence-electron chi connectivity index (χ0n) is 8.18. The summed E-state index contributed by atoms with van der Waals surface area (Å²) in [5, 5.41) is -0.670. The topological polar surface area (TPSA) is 26.3 Å². The van der Waals surface area contributed by atoms with Crippen LogP contribution in [-0.2, 0) is 0 Å². The van der Waals surface area contributed by atoms with Crippen molar-refractivity contribution < 1.29 is 13.9 Å². The van der Waals surface area contributed by atoms with E-state index in [1.165, 1.54) is 13.2 Å². The van der Waals surface area contributed by atoms with Crippen molar-refractivity contribution in [2.24, 2.45) is 0 Å². The first kappa shape index (κ1) is 12.5. The molecule has 1 aromatic carbocycles. The Hall–Kier alpha value is -0.610. The molecule has 1 rings (SSSR count). The summed E-state index contributed by atoms with van der Waals surface area (Å²) in [5.74, 6) is -0.590. The lowest BCUT2D eigenvalue weighted by atomic mass is 10.1. The number of alkyl halides is 1. The second kappa shape index (κ2) is 4.94. The molecule has 0 spiro atoms. The van der Waals surface area contributed by atoms with Crippen molar-refractivity contribution in [1.29, 1.82) is 0 Å². The lowest BCUT2D eigenvalue weighted by Gasteiger charge is -2.09. The van der Waals surface area contributed by atoms with Gasteiger partial charge >= 0.3 is 0 Å². The fraction of sp³-hybridized carbons (Fsp3) is 0.300. The van der Waals surface area contributed by atoms with E-state index in [1.54, 1.807) is 6.92 Å². The van der Waals surface area contributed by atoms with Crippen molar-refractivity contribution in [3.8, 4) is 5.75 Å². The number of halogens is 3. The summed E-state index contributed by atoms with van der Waals surface area (Å²) >= 11 is 8.67. The molecule has 0 radical (unpaired) electrons. The molecule has 2 nitrogen and oxygen atoms in total. The summed E-state index contributed by atoms with van der Waals surface area (Å²) in [6, 6.07) is 2.52. The van der Waals surface area contributed by atoms with Crippen LogP contribution in [0.15, 0.2) is 16.6 Å². The van der Waals surface area contributed by atoms with E-state index in [4.69, 9.17) is 16.3 Å². The zero-order chi connectivity index (χ0) is 11.6. The molecule has 0 fully saturated rings. The predicted molar refractivity (Wildman–Crippen MR) is 60.3 cm³/mol. The second-order valence-corrected chi connectivity index (χ2v) is 4.46. The zero-order valence-corrected chi connectivity index (χ0v) is 10.5. The molecule has 0 aliphatic heterocycles. The van der Waals surface area contributed by atoms with E-state index in [0.717, 1.165) is 6.07 Å². The van der Waals surface area contributed by atoms with Gasteiger partial charge in [-0.25, -0.2) is 4.39 Å². The molecule has 0 N–H and O–H groups in total. The third kappa shape index (κ3) is 2.69. The first-order valence-corrected chi connectivity index (χ1v) is 5.41. The van der Waals surface area contributed by atoms with E-state index in [-0.39, 0.29) is 21.6 Å². The van der Waals surface area contributed by atoms with E-state index in [0.29, 0.717) is 0 Å². The van der Waals surface area contributed by atoms with Gasteiger partial charge in [-0.3, -0.25) is 4.79 Å². The number of benzene rings is 1. The van der Waals surface area contributed by atoms with Crippen LogP contribution in [0.4, 0.5) is 4.39 Å². The Morgan fingerprint density at radius 3 is 2.67 bits per heavy atom. The molecule has 82 valence electrons. The van der Waals surface area contributed by atoms with Crippen LogP contribution in [-0.4, -0.2) is 18.3 Å². The molecule has 0 aliphatic rings. The Morgan fingerprint density at radius 1 is 1.60 bits per heavy atom. The minimum atomic E-state index is -0.670. The van der Waals surface area contributed by atoms with E-state index < -0.39 is 11.2 Å². The highest BCUT2D eigenvalue weighted by molar-refractivity contribution is 9.10. The summed E-state index contributed by atoms with van der Waals surface area (Å²) in [6.07, 6.45) is 0. The maximum absolute atomic E-state index is 13.1. The summed E-state index contributed by atoms with van der Waals surface area (Å²) < 4.78 is 18.3. The number of hydrogen-bond acceptors (Lipinski definition) is 2. The molecule has 0 amide bonds. The number of carbonyl (C=O) groups is 1. The highest BCUT2D eigenvalue weighted by Gasteiger charge is 2.19. The normalized spacial score (nSPS) is 12.3. The fourth-order valence-corrected chi connectivity index (χ4v) is 1.57. The maximum Gasteiger partial charge on any atom is 0.184 e. The lowest BCUT2D eigenvalue weighted by Crippen LogP contribution is -2.12. The first-order chi connectivity index (χ1) is 6.97. The van der Waals surface area contributed by atoms with Gasteiger partial charge in [0.15, 0.2) is 5.78 Å². The SMILES string of the molecule is COc1cc(F)c(Br)cc1C(=O)C(C)Cl. The summed E-state index contributed by atoms with van der Waals surface area (Å²) in [6.45, 7) is 1.56. The summed E-state index contributed by atoms with van der Waals surface area (Å²) in [5.41, 5.74) is 0.272. The first-order valence-electron chi connectivity index (χ1n) is 4.18. The van der Waals surface area contributed by atoms with Gasteiger partial charge < -0.3 is 4.74 Å². The third-order valence-corrected chi connectivity index (χ3v) is 2.68. The van der Waals surface area contributed by atoms with Crippen LogP contribution in [0.1, 0.15) is 17.3 Å².